The molecule has 1 unspecified atom stereocenters. The quantitative estimate of drug-likeness (QED) is 0.0711. The molecule has 0 heterocycles. The number of nitrogens with zero attached hydrogens (tertiary/aromatic N) is 1. The van der Waals surface area contributed by atoms with Gasteiger partial charge in [-0.3, -0.25) is 4.99 Å². The monoisotopic (exact) mass is 519 g/mol. The van der Waals surface area contributed by atoms with Crippen LogP contribution in [-0.4, -0.2) is 31.4 Å². The summed E-state index contributed by atoms with van der Waals surface area (Å²) in [4.78, 5) is 28.2. The fraction of sp³-hybridized carbons (Fsp3) is 0.121. The maximum absolute atomic E-state index is 12.5. The molecule has 0 saturated heterocycles. The van der Waals surface area contributed by atoms with Gasteiger partial charge in [0.15, 0.2) is 0 Å². The van der Waals surface area contributed by atoms with Crippen LogP contribution in [0, 0.1) is 0 Å². The molecule has 0 aliphatic carbocycles. The third kappa shape index (κ3) is 8.01. The summed E-state index contributed by atoms with van der Waals surface area (Å²) in [6, 6.07) is 32.4. The highest BCUT2D eigenvalue weighted by Gasteiger charge is 2.10. The van der Waals surface area contributed by atoms with Gasteiger partial charge in [-0.2, -0.15) is 0 Å². The minimum absolute atomic E-state index is 0.0907. The number of benzene rings is 4. The summed E-state index contributed by atoms with van der Waals surface area (Å²) in [7, 11) is 0. The summed E-state index contributed by atoms with van der Waals surface area (Å²) in [5.74, 6) is 0.0281. The van der Waals surface area contributed by atoms with Crippen LogP contribution in [0.2, 0.25) is 0 Å². The fourth-order valence-corrected chi connectivity index (χ4v) is 3.71. The van der Waals surface area contributed by atoms with Gasteiger partial charge in [0.2, 0.25) is 0 Å². The molecule has 0 saturated carbocycles. The van der Waals surface area contributed by atoms with Crippen LogP contribution in [0.3, 0.4) is 0 Å². The van der Waals surface area contributed by atoms with E-state index < -0.39 is 11.9 Å². The number of esters is 2. The Morgan fingerprint density at radius 1 is 0.795 bits per heavy atom. The van der Waals surface area contributed by atoms with Crippen molar-refractivity contribution in [1.29, 1.82) is 0 Å². The van der Waals surface area contributed by atoms with Crippen LogP contribution < -0.4 is 9.47 Å². The van der Waals surface area contributed by atoms with Gasteiger partial charge in [0.1, 0.15) is 24.7 Å². The standard InChI is InChI=1S/C33H29NO5/c1-3-32(35)38-22-21-37-30-17-15-29(16-18-30)33(36)39-31-19-13-28(14-20-31)27-11-9-25(10-12-27)23-34-24(2)26-7-5-4-6-8-26/h3-20,23-24H,1,21-22H2,2H3. The summed E-state index contributed by atoms with van der Waals surface area (Å²) in [6.45, 7) is 5.71. The number of ether oxygens (including phenoxy) is 3. The Hall–Kier alpha value is -4.97. The van der Waals surface area contributed by atoms with Crippen LogP contribution in [-0.2, 0) is 9.53 Å². The molecule has 6 heteroatoms. The molecule has 1 atom stereocenters. The Morgan fingerprint density at radius 3 is 2.05 bits per heavy atom. The highest BCUT2D eigenvalue weighted by molar-refractivity contribution is 5.91. The van der Waals surface area contributed by atoms with Gasteiger partial charge >= 0.3 is 11.9 Å². The Morgan fingerprint density at radius 2 is 1.41 bits per heavy atom. The lowest BCUT2D eigenvalue weighted by Gasteiger charge is -2.08. The van der Waals surface area contributed by atoms with Gasteiger partial charge < -0.3 is 14.2 Å². The molecule has 0 aliphatic rings. The van der Waals surface area contributed by atoms with E-state index >= 15 is 0 Å². The van der Waals surface area contributed by atoms with Crippen molar-refractivity contribution < 1.29 is 23.8 Å². The first-order chi connectivity index (χ1) is 19.0. The summed E-state index contributed by atoms with van der Waals surface area (Å²) >= 11 is 0. The molecular weight excluding hydrogens is 490 g/mol. The van der Waals surface area contributed by atoms with E-state index in [0.717, 1.165) is 22.8 Å². The Kier molecular flexibility index (Phi) is 9.40. The molecule has 0 amide bonds. The minimum atomic E-state index is -0.502. The van der Waals surface area contributed by atoms with Crippen molar-refractivity contribution in [1.82, 2.24) is 0 Å². The normalized spacial score (nSPS) is 11.5. The van der Waals surface area contributed by atoms with E-state index in [-0.39, 0.29) is 19.3 Å². The molecule has 6 nitrogen and oxygen atoms in total. The lowest BCUT2D eigenvalue weighted by atomic mass is 10.0. The summed E-state index contributed by atoms with van der Waals surface area (Å²) in [6.07, 6.45) is 2.99. The number of hydrogen-bond acceptors (Lipinski definition) is 6. The number of hydrogen-bond donors (Lipinski definition) is 0. The van der Waals surface area contributed by atoms with Crippen LogP contribution in [0.15, 0.2) is 121 Å². The van der Waals surface area contributed by atoms with Crippen molar-refractivity contribution in [3.05, 3.63) is 132 Å². The van der Waals surface area contributed by atoms with Gasteiger partial charge in [-0.1, -0.05) is 73.3 Å². The van der Waals surface area contributed by atoms with Crippen molar-refractivity contribution in [2.45, 2.75) is 13.0 Å². The van der Waals surface area contributed by atoms with Crippen molar-refractivity contribution >= 4 is 18.2 Å². The van der Waals surface area contributed by atoms with E-state index in [1.165, 1.54) is 5.56 Å². The average Bonchev–Trinajstić information content (AvgIpc) is 2.99. The molecule has 0 aromatic heterocycles. The molecule has 0 aliphatic heterocycles. The Balaban J connectivity index is 1.29. The van der Waals surface area contributed by atoms with E-state index in [0.29, 0.717) is 17.1 Å². The lowest BCUT2D eigenvalue weighted by molar-refractivity contribution is -0.138. The third-order valence-corrected chi connectivity index (χ3v) is 5.89. The largest absolute Gasteiger partial charge is 0.490 e. The zero-order chi connectivity index (χ0) is 27.5. The first-order valence-electron chi connectivity index (χ1n) is 12.5. The molecule has 4 rings (SSSR count). The van der Waals surface area contributed by atoms with Crippen LogP contribution in [0.1, 0.15) is 34.5 Å². The highest BCUT2D eigenvalue weighted by Crippen LogP contribution is 2.24. The third-order valence-electron chi connectivity index (χ3n) is 5.89. The second-order valence-electron chi connectivity index (χ2n) is 8.65. The van der Waals surface area contributed by atoms with E-state index in [9.17, 15) is 9.59 Å². The Labute approximate surface area is 228 Å². The molecule has 0 fully saturated rings. The second-order valence-corrected chi connectivity index (χ2v) is 8.65. The fourth-order valence-electron chi connectivity index (χ4n) is 3.71. The van der Waals surface area contributed by atoms with Crippen LogP contribution in [0.5, 0.6) is 11.5 Å². The smallest absolute Gasteiger partial charge is 0.343 e. The summed E-state index contributed by atoms with van der Waals surface area (Å²) in [5.41, 5.74) is 4.66. The van der Waals surface area contributed by atoms with E-state index in [4.69, 9.17) is 14.2 Å². The summed E-state index contributed by atoms with van der Waals surface area (Å²) < 4.78 is 15.9. The van der Waals surface area contributed by atoms with Gasteiger partial charge in [-0.05, 0) is 65.6 Å². The van der Waals surface area contributed by atoms with Crippen LogP contribution in [0.4, 0.5) is 0 Å². The predicted octanol–water partition coefficient (Wildman–Crippen LogP) is 6.86. The van der Waals surface area contributed by atoms with Crippen molar-refractivity contribution in [3.63, 3.8) is 0 Å². The van der Waals surface area contributed by atoms with Gasteiger partial charge in [0.05, 0.1) is 11.6 Å². The average molecular weight is 520 g/mol. The zero-order valence-corrected chi connectivity index (χ0v) is 21.7. The van der Waals surface area contributed by atoms with E-state index in [1.54, 1.807) is 36.4 Å². The highest BCUT2D eigenvalue weighted by atomic mass is 16.6. The van der Waals surface area contributed by atoms with Crippen LogP contribution >= 0.6 is 0 Å². The molecule has 0 radical (unpaired) electrons. The maximum atomic E-state index is 12.5. The zero-order valence-electron chi connectivity index (χ0n) is 21.7. The summed E-state index contributed by atoms with van der Waals surface area (Å²) in [5, 5.41) is 0. The van der Waals surface area contributed by atoms with E-state index in [1.807, 2.05) is 60.8 Å². The van der Waals surface area contributed by atoms with E-state index in [2.05, 4.69) is 30.6 Å². The first-order valence-corrected chi connectivity index (χ1v) is 12.5. The molecule has 4 aromatic carbocycles. The molecule has 0 N–H and O–H groups in total. The van der Waals surface area contributed by atoms with Crippen LogP contribution in [0.25, 0.3) is 11.1 Å². The van der Waals surface area contributed by atoms with Gasteiger partial charge in [0, 0.05) is 12.3 Å². The van der Waals surface area contributed by atoms with Gasteiger partial charge in [-0.25, -0.2) is 9.59 Å². The number of aliphatic imine (C=N–C) groups is 1. The lowest BCUT2D eigenvalue weighted by Crippen LogP contribution is -2.11. The second kappa shape index (κ2) is 13.5. The molecule has 4 aromatic rings. The minimum Gasteiger partial charge on any atom is -0.490 e. The first kappa shape index (κ1) is 27.1. The molecule has 196 valence electrons. The number of rotatable bonds is 11. The molecular formula is C33H29NO5. The molecule has 39 heavy (non-hydrogen) atoms. The van der Waals surface area contributed by atoms with Gasteiger partial charge in [0.25, 0.3) is 0 Å². The predicted molar refractivity (Wildman–Crippen MR) is 152 cm³/mol. The topological polar surface area (TPSA) is 74.2 Å². The molecule has 0 bridgehead atoms. The van der Waals surface area contributed by atoms with Crippen molar-refractivity contribution in [3.8, 4) is 22.6 Å². The van der Waals surface area contributed by atoms with Gasteiger partial charge in [-0.15, -0.1) is 0 Å². The SMILES string of the molecule is C=CC(=O)OCCOc1ccc(C(=O)Oc2ccc(-c3ccc(C=NC(C)c4ccccc4)cc3)cc2)cc1. The maximum Gasteiger partial charge on any atom is 0.343 e. The Bertz CT molecular complexity index is 1410. The molecule has 0 spiro atoms. The number of carbonyl (C=O) groups excluding carboxylic acids is 2. The van der Waals surface area contributed by atoms with Crippen molar-refractivity contribution in [2.75, 3.05) is 13.2 Å². The van der Waals surface area contributed by atoms with Crippen molar-refractivity contribution in [2.24, 2.45) is 4.99 Å². The number of carbonyl (C=O) groups is 2.